The molecule has 2 aliphatic rings. The minimum atomic E-state index is -0.775. The predicted molar refractivity (Wildman–Crippen MR) is 285 cm³/mol. The van der Waals surface area contributed by atoms with Gasteiger partial charge in [-0.1, -0.05) is 60.7 Å². The maximum atomic E-state index is 14.4. The first-order chi connectivity index (χ1) is 37.1. The van der Waals surface area contributed by atoms with Crippen molar-refractivity contribution >= 4 is 83.2 Å². The number of anilines is 3. The average molecular weight is 1030 g/mol. The Morgan fingerprint density at radius 3 is 1.32 bits per heavy atom. The van der Waals surface area contributed by atoms with Crippen LogP contribution in [0.5, 0.6) is 0 Å². The van der Waals surface area contributed by atoms with E-state index in [4.69, 9.17) is 0 Å². The molecule has 0 aromatic heterocycles. The molecular formula is C60H46N6O11. The van der Waals surface area contributed by atoms with E-state index in [1.165, 1.54) is 105 Å². The molecule has 0 fully saturated rings. The number of hydrogen-bond acceptors (Lipinski definition) is 13. The van der Waals surface area contributed by atoms with Crippen LogP contribution in [0.15, 0.2) is 127 Å². The van der Waals surface area contributed by atoms with E-state index < -0.39 is 35.2 Å². The average Bonchev–Trinajstić information content (AvgIpc) is 4.08. The van der Waals surface area contributed by atoms with Crippen molar-refractivity contribution in [2.75, 3.05) is 36.7 Å². The van der Waals surface area contributed by atoms with Crippen LogP contribution in [0.2, 0.25) is 0 Å². The van der Waals surface area contributed by atoms with Crippen molar-refractivity contribution in [1.82, 2.24) is 15.5 Å². The number of ketones is 3. The van der Waals surface area contributed by atoms with Gasteiger partial charge in [-0.25, -0.2) is 0 Å². The molecule has 0 saturated heterocycles. The number of fused-ring (bicyclic) bond motifs is 2. The van der Waals surface area contributed by atoms with Crippen molar-refractivity contribution in [3.05, 3.63) is 228 Å². The van der Waals surface area contributed by atoms with E-state index >= 15 is 0 Å². The Labute approximate surface area is 440 Å². The third-order valence-corrected chi connectivity index (χ3v) is 13.6. The van der Waals surface area contributed by atoms with Gasteiger partial charge in [0.05, 0.1) is 28.1 Å². The molecule has 7 aromatic carbocycles. The number of carbonyl (C=O) groups excluding carboxylic acids is 11. The second-order valence-electron chi connectivity index (χ2n) is 18.5. The summed E-state index contributed by atoms with van der Waals surface area (Å²) < 4.78 is 0. The van der Waals surface area contributed by atoms with Crippen LogP contribution in [0, 0.1) is 0 Å². The number of nitrogens with one attached hydrogen (secondary N) is 4. The summed E-state index contributed by atoms with van der Waals surface area (Å²) >= 11 is 0. The maximum absolute atomic E-state index is 14.4. The molecule has 9 rings (SSSR count). The standard InChI is InChI=1S/C60H46N6O11/c1-61-57(74)48-15-12-35(20-45(48)31-69)56(73)38-7-11-42(30-68)51(23-38)60(77)64-52-17-14-47(63-59(76)49-16-13-36(21-46(49)32-70)55(72)37-6-10-41(29-67)50(22-37)58(75)62-2)24-53(52)66-27-40-9-5-34(19-44(40)28-66)54(71)33-4-8-39-25-65(3)26-43(39)18-33/h4-24,29-32H,25-28H2,1-3H3,(H,61,74)(H,62,75)(H,63,76)(H,64,77). The smallest absolute Gasteiger partial charge is 0.256 e. The van der Waals surface area contributed by atoms with Crippen LogP contribution >= 0.6 is 0 Å². The molecular weight excluding hydrogens is 981 g/mol. The van der Waals surface area contributed by atoms with Gasteiger partial charge in [0.25, 0.3) is 23.6 Å². The van der Waals surface area contributed by atoms with E-state index in [2.05, 4.69) is 26.2 Å². The molecule has 0 aliphatic carbocycles. The third-order valence-electron chi connectivity index (χ3n) is 13.6. The lowest BCUT2D eigenvalue weighted by molar-refractivity contribution is 0.0951. The Balaban J connectivity index is 1.02. The highest BCUT2D eigenvalue weighted by Gasteiger charge is 2.27. The zero-order valence-corrected chi connectivity index (χ0v) is 41.6. The first-order valence-corrected chi connectivity index (χ1v) is 24.0. The quantitative estimate of drug-likeness (QED) is 0.0517. The minimum absolute atomic E-state index is 0.00614. The van der Waals surface area contributed by atoms with Crippen LogP contribution in [0.25, 0.3) is 0 Å². The summed E-state index contributed by atoms with van der Waals surface area (Å²) in [6, 6.07) is 31.6. The summed E-state index contributed by atoms with van der Waals surface area (Å²) in [6.45, 7) is 2.09. The molecule has 0 atom stereocenters. The zero-order valence-electron chi connectivity index (χ0n) is 41.6. The van der Waals surface area contributed by atoms with Gasteiger partial charge in [0.15, 0.2) is 42.5 Å². The second kappa shape index (κ2) is 21.8. The highest BCUT2D eigenvalue weighted by atomic mass is 16.2. The van der Waals surface area contributed by atoms with Gasteiger partial charge in [-0.3, -0.25) is 57.6 Å². The van der Waals surface area contributed by atoms with Crippen molar-refractivity contribution in [3.63, 3.8) is 0 Å². The summed E-state index contributed by atoms with van der Waals surface area (Å²) in [5.41, 5.74) is 5.69. The summed E-state index contributed by atoms with van der Waals surface area (Å²) in [5.74, 6) is -3.93. The number of rotatable bonds is 17. The lowest BCUT2D eigenvalue weighted by Crippen LogP contribution is -2.21. The molecule has 4 N–H and O–H groups in total. The SMILES string of the molecule is CNC(=O)c1ccc(C(=O)c2ccc(C=O)c(C(=O)Nc3ccc(NC(=O)c4ccc(C(=O)c5ccc(C=O)c(C(=O)NC)c5)cc4C=O)cc3N3Cc4ccc(C(=O)c5ccc6c(c5)CN(C)C6)cc4C3)c2)cc1C=O. The van der Waals surface area contributed by atoms with E-state index in [1.807, 2.05) is 42.3 Å². The normalized spacial score (nSPS) is 12.4. The van der Waals surface area contributed by atoms with E-state index in [0.717, 1.165) is 29.8 Å². The fourth-order valence-electron chi connectivity index (χ4n) is 9.56. The van der Waals surface area contributed by atoms with Crippen LogP contribution in [-0.4, -0.2) is 92.2 Å². The van der Waals surface area contributed by atoms with E-state index in [9.17, 15) is 52.7 Å². The molecule has 0 bridgehead atoms. The van der Waals surface area contributed by atoms with Crippen LogP contribution < -0.4 is 26.2 Å². The summed E-state index contributed by atoms with van der Waals surface area (Å²) in [5, 5.41) is 10.6. The van der Waals surface area contributed by atoms with Crippen molar-refractivity contribution in [1.29, 1.82) is 0 Å². The van der Waals surface area contributed by atoms with Gasteiger partial charge >= 0.3 is 0 Å². The first-order valence-electron chi connectivity index (χ1n) is 24.0. The highest BCUT2D eigenvalue weighted by Crippen LogP contribution is 2.37. The maximum Gasteiger partial charge on any atom is 0.256 e. The number of nitrogens with zero attached hydrogens (tertiary/aromatic N) is 2. The van der Waals surface area contributed by atoms with Gasteiger partial charge in [-0.15, -0.1) is 0 Å². The Hall–Kier alpha value is -10.1. The predicted octanol–water partition coefficient (Wildman–Crippen LogP) is 7.32. The monoisotopic (exact) mass is 1030 g/mol. The van der Waals surface area contributed by atoms with Crippen molar-refractivity contribution in [2.24, 2.45) is 0 Å². The first kappa shape index (κ1) is 51.8. The summed E-state index contributed by atoms with van der Waals surface area (Å²) in [7, 11) is 4.80. The summed E-state index contributed by atoms with van der Waals surface area (Å²) in [4.78, 5) is 147. The van der Waals surface area contributed by atoms with E-state index in [1.54, 1.807) is 12.1 Å². The Bertz CT molecular complexity index is 3730. The molecule has 0 unspecified atom stereocenters. The fourth-order valence-corrected chi connectivity index (χ4v) is 9.56. The van der Waals surface area contributed by atoms with Crippen LogP contribution in [0.3, 0.4) is 0 Å². The van der Waals surface area contributed by atoms with Crippen LogP contribution in [0.4, 0.5) is 17.1 Å². The van der Waals surface area contributed by atoms with E-state index in [-0.39, 0.29) is 90.5 Å². The van der Waals surface area contributed by atoms with Gasteiger partial charge in [-0.2, -0.15) is 0 Å². The number of hydrogen-bond donors (Lipinski definition) is 4. The number of aldehydes is 4. The molecule has 2 aliphatic heterocycles. The van der Waals surface area contributed by atoms with Gasteiger partial charge in [0.1, 0.15) is 0 Å². The molecule has 382 valence electrons. The molecule has 0 radical (unpaired) electrons. The molecule has 7 aromatic rings. The highest BCUT2D eigenvalue weighted by molar-refractivity contribution is 6.17. The topological polar surface area (TPSA) is 242 Å². The Morgan fingerprint density at radius 1 is 0.390 bits per heavy atom. The Morgan fingerprint density at radius 2 is 0.792 bits per heavy atom. The summed E-state index contributed by atoms with van der Waals surface area (Å²) in [6.07, 6.45) is 1.83. The third kappa shape index (κ3) is 10.4. The van der Waals surface area contributed by atoms with Crippen molar-refractivity contribution in [3.8, 4) is 0 Å². The van der Waals surface area contributed by atoms with Crippen molar-refractivity contribution < 1.29 is 52.7 Å². The molecule has 4 amide bonds. The number of amides is 4. The number of carbonyl (C=O) groups is 11. The van der Waals surface area contributed by atoms with Crippen LogP contribution in [-0.2, 0) is 26.2 Å². The Kier molecular flexibility index (Phi) is 14.6. The van der Waals surface area contributed by atoms with Gasteiger partial charge in [0, 0.05) is 107 Å². The lowest BCUT2D eigenvalue weighted by Gasteiger charge is -2.23. The molecule has 0 spiro atoms. The molecule has 2 heterocycles. The minimum Gasteiger partial charge on any atom is -0.361 e. The van der Waals surface area contributed by atoms with Gasteiger partial charge in [0.2, 0.25) is 0 Å². The molecule has 0 saturated carbocycles. The van der Waals surface area contributed by atoms with Crippen LogP contribution in [0.1, 0.15) is 153 Å². The lowest BCUT2D eigenvalue weighted by atomic mass is 9.95. The fraction of sp³-hybridized carbons (Fsp3) is 0.117. The largest absolute Gasteiger partial charge is 0.361 e. The van der Waals surface area contributed by atoms with Gasteiger partial charge < -0.3 is 26.2 Å². The molecule has 17 nitrogen and oxygen atoms in total. The number of benzene rings is 7. The molecule has 77 heavy (non-hydrogen) atoms. The van der Waals surface area contributed by atoms with Gasteiger partial charge in [-0.05, 0) is 96.0 Å². The molecule has 17 heteroatoms. The second-order valence-corrected chi connectivity index (χ2v) is 18.5. The zero-order chi connectivity index (χ0) is 54.7. The van der Waals surface area contributed by atoms with E-state index in [0.29, 0.717) is 48.5 Å². The van der Waals surface area contributed by atoms with Crippen molar-refractivity contribution in [2.45, 2.75) is 26.2 Å².